The molecule has 0 radical (unpaired) electrons. The number of nitrogens with one attached hydrogen (secondary N) is 1. The van der Waals surface area contributed by atoms with Crippen molar-refractivity contribution in [3.05, 3.63) is 0 Å². The van der Waals surface area contributed by atoms with Gasteiger partial charge in [0, 0.05) is 26.1 Å². The number of hydrogen-bond acceptors (Lipinski definition) is 3. The number of piperidine rings is 1. The van der Waals surface area contributed by atoms with Crippen molar-refractivity contribution in [3.63, 3.8) is 0 Å². The lowest BCUT2D eigenvalue weighted by atomic mass is 10.1. The average molecular weight is 214 g/mol. The summed E-state index contributed by atoms with van der Waals surface area (Å²) in [6, 6.07) is -0.135. The van der Waals surface area contributed by atoms with E-state index in [1.54, 1.807) is 4.90 Å². The number of nitrogens with zero attached hydrogens (tertiary/aromatic N) is 1. The van der Waals surface area contributed by atoms with Gasteiger partial charge in [0.05, 0.1) is 0 Å². The maximum absolute atomic E-state index is 11.0. The second-order valence-corrected chi connectivity index (χ2v) is 3.56. The number of hydrogen-bond donors (Lipinski definition) is 2. The van der Waals surface area contributed by atoms with Gasteiger partial charge in [-0.1, -0.05) is 0 Å². The predicted molar refractivity (Wildman–Crippen MR) is 51.1 cm³/mol. The third-order valence-electron chi connectivity index (χ3n) is 2.47. The fourth-order valence-electron chi connectivity index (χ4n) is 1.59. The number of aliphatic carboxylic acids is 1. The molecular weight excluding hydrogens is 200 g/mol. The first kappa shape index (κ1) is 11.5. The fourth-order valence-corrected chi connectivity index (χ4v) is 1.59. The Morgan fingerprint density at radius 3 is 2.20 bits per heavy atom. The van der Waals surface area contributed by atoms with Gasteiger partial charge in [-0.05, 0) is 12.8 Å². The van der Waals surface area contributed by atoms with Gasteiger partial charge in [-0.2, -0.15) is 0 Å². The highest BCUT2D eigenvalue weighted by Crippen LogP contribution is 2.09. The van der Waals surface area contributed by atoms with Crippen molar-refractivity contribution in [2.24, 2.45) is 0 Å². The number of rotatable bonds is 1. The maximum atomic E-state index is 11.0. The molecule has 1 aliphatic rings. The van der Waals surface area contributed by atoms with Gasteiger partial charge >= 0.3 is 11.9 Å². The summed E-state index contributed by atoms with van der Waals surface area (Å²) in [6.45, 7) is 2.63. The SMILES string of the molecule is CC(=O)N1CCC(NC(=O)C(=O)O)CC1. The lowest BCUT2D eigenvalue weighted by molar-refractivity contribution is -0.150. The number of carboxylic acid groups (broad SMARTS) is 1. The molecule has 2 amide bonds. The predicted octanol–water partition coefficient (Wildman–Crippen LogP) is -0.802. The van der Waals surface area contributed by atoms with Gasteiger partial charge in [0.25, 0.3) is 0 Å². The van der Waals surface area contributed by atoms with Crippen LogP contribution in [0.3, 0.4) is 0 Å². The van der Waals surface area contributed by atoms with E-state index in [-0.39, 0.29) is 11.9 Å². The molecule has 0 saturated carbocycles. The summed E-state index contributed by atoms with van der Waals surface area (Å²) in [7, 11) is 0. The minimum atomic E-state index is -1.47. The zero-order valence-corrected chi connectivity index (χ0v) is 8.52. The lowest BCUT2D eigenvalue weighted by Crippen LogP contribution is -2.47. The summed E-state index contributed by atoms with van der Waals surface area (Å²) in [5.41, 5.74) is 0. The molecule has 0 aliphatic carbocycles. The van der Waals surface area contributed by atoms with Crippen LogP contribution in [0.1, 0.15) is 19.8 Å². The Balaban J connectivity index is 2.35. The van der Waals surface area contributed by atoms with Crippen LogP contribution in [-0.2, 0) is 14.4 Å². The van der Waals surface area contributed by atoms with Crippen LogP contribution >= 0.6 is 0 Å². The fraction of sp³-hybridized carbons (Fsp3) is 0.667. The van der Waals surface area contributed by atoms with Gasteiger partial charge in [-0.25, -0.2) is 4.79 Å². The van der Waals surface area contributed by atoms with Crippen LogP contribution in [0.15, 0.2) is 0 Å². The number of carbonyl (C=O) groups excluding carboxylic acids is 2. The van der Waals surface area contributed by atoms with Crippen molar-refractivity contribution in [3.8, 4) is 0 Å². The molecule has 0 unspecified atom stereocenters. The molecule has 0 aromatic heterocycles. The third-order valence-corrected chi connectivity index (χ3v) is 2.47. The molecule has 15 heavy (non-hydrogen) atoms. The molecule has 1 heterocycles. The van der Waals surface area contributed by atoms with Crippen LogP contribution in [0, 0.1) is 0 Å². The Morgan fingerprint density at radius 2 is 1.80 bits per heavy atom. The second kappa shape index (κ2) is 4.77. The highest BCUT2D eigenvalue weighted by molar-refractivity contribution is 6.31. The summed E-state index contributed by atoms with van der Waals surface area (Å²) in [5, 5.41) is 10.8. The van der Waals surface area contributed by atoms with E-state index in [9.17, 15) is 14.4 Å². The topological polar surface area (TPSA) is 86.7 Å². The molecule has 1 fully saturated rings. The Bertz CT molecular complexity index is 282. The summed E-state index contributed by atoms with van der Waals surface area (Å²) in [4.78, 5) is 33.8. The summed E-state index contributed by atoms with van der Waals surface area (Å²) >= 11 is 0. The van der Waals surface area contributed by atoms with Crippen molar-refractivity contribution in [1.29, 1.82) is 0 Å². The van der Waals surface area contributed by atoms with E-state index in [0.29, 0.717) is 25.9 Å². The van der Waals surface area contributed by atoms with Gasteiger partial charge in [0.1, 0.15) is 0 Å². The molecule has 0 atom stereocenters. The Hall–Kier alpha value is -1.59. The average Bonchev–Trinajstić information content (AvgIpc) is 2.18. The first-order chi connectivity index (χ1) is 7.00. The maximum Gasteiger partial charge on any atom is 0.394 e. The van der Waals surface area contributed by atoms with Gasteiger partial charge in [-0.3, -0.25) is 9.59 Å². The van der Waals surface area contributed by atoms with Gasteiger partial charge in [-0.15, -0.1) is 0 Å². The Kier molecular flexibility index (Phi) is 3.65. The first-order valence-electron chi connectivity index (χ1n) is 4.80. The molecule has 0 aromatic rings. The second-order valence-electron chi connectivity index (χ2n) is 3.56. The molecule has 2 N–H and O–H groups in total. The Morgan fingerprint density at radius 1 is 1.27 bits per heavy atom. The third kappa shape index (κ3) is 3.23. The van der Waals surface area contributed by atoms with Crippen LogP contribution in [0.2, 0.25) is 0 Å². The van der Waals surface area contributed by atoms with Gasteiger partial charge < -0.3 is 15.3 Å². The van der Waals surface area contributed by atoms with Crippen LogP contribution < -0.4 is 5.32 Å². The van der Waals surface area contributed by atoms with Crippen molar-refractivity contribution in [2.75, 3.05) is 13.1 Å². The highest BCUT2D eigenvalue weighted by atomic mass is 16.4. The summed E-state index contributed by atoms with van der Waals surface area (Å²) < 4.78 is 0. The minimum Gasteiger partial charge on any atom is -0.474 e. The van der Waals surface area contributed by atoms with E-state index in [4.69, 9.17) is 5.11 Å². The number of carboxylic acids is 1. The van der Waals surface area contributed by atoms with Crippen molar-refractivity contribution in [1.82, 2.24) is 10.2 Å². The molecule has 6 heteroatoms. The number of amides is 2. The Labute approximate surface area is 87.2 Å². The summed E-state index contributed by atoms with van der Waals surface area (Å²) in [5.74, 6) is -2.43. The van der Waals surface area contributed by atoms with E-state index in [0.717, 1.165) is 0 Å². The zero-order chi connectivity index (χ0) is 11.4. The zero-order valence-electron chi connectivity index (χ0n) is 8.52. The van der Waals surface area contributed by atoms with Crippen molar-refractivity contribution < 1.29 is 19.5 Å². The molecular formula is C9H14N2O4. The smallest absolute Gasteiger partial charge is 0.394 e. The quantitative estimate of drug-likeness (QED) is 0.559. The van der Waals surface area contributed by atoms with E-state index >= 15 is 0 Å². The molecule has 0 aromatic carbocycles. The van der Waals surface area contributed by atoms with Crippen molar-refractivity contribution in [2.45, 2.75) is 25.8 Å². The molecule has 84 valence electrons. The van der Waals surface area contributed by atoms with Crippen LogP contribution in [-0.4, -0.2) is 46.9 Å². The van der Waals surface area contributed by atoms with E-state index in [1.165, 1.54) is 6.92 Å². The molecule has 6 nitrogen and oxygen atoms in total. The largest absolute Gasteiger partial charge is 0.474 e. The molecule has 1 rings (SSSR count). The standard InChI is InChI=1S/C9H14N2O4/c1-6(12)11-4-2-7(3-5-11)10-8(13)9(14)15/h7H,2-5H2,1H3,(H,10,13)(H,14,15). The number of carbonyl (C=O) groups is 3. The number of likely N-dealkylation sites (tertiary alicyclic amines) is 1. The monoisotopic (exact) mass is 214 g/mol. The van der Waals surface area contributed by atoms with Crippen LogP contribution in [0.5, 0.6) is 0 Å². The van der Waals surface area contributed by atoms with Gasteiger partial charge in [0.2, 0.25) is 5.91 Å². The van der Waals surface area contributed by atoms with Gasteiger partial charge in [0.15, 0.2) is 0 Å². The van der Waals surface area contributed by atoms with E-state index < -0.39 is 11.9 Å². The van der Waals surface area contributed by atoms with Crippen molar-refractivity contribution >= 4 is 17.8 Å². The minimum absolute atomic E-state index is 0.0120. The molecule has 1 saturated heterocycles. The van der Waals surface area contributed by atoms with Crippen LogP contribution in [0.25, 0.3) is 0 Å². The van der Waals surface area contributed by atoms with E-state index in [1.807, 2.05) is 0 Å². The molecule has 0 spiro atoms. The summed E-state index contributed by atoms with van der Waals surface area (Å²) in [6.07, 6.45) is 1.22. The molecule has 0 bridgehead atoms. The van der Waals surface area contributed by atoms with Crippen LogP contribution in [0.4, 0.5) is 0 Å². The lowest BCUT2D eigenvalue weighted by Gasteiger charge is -2.31. The van der Waals surface area contributed by atoms with E-state index in [2.05, 4.69) is 5.32 Å². The first-order valence-corrected chi connectivity index (χ1v) is 4.80. The highest BCUT2D eigenvalue weighted by Gasteiger charge is 2.23. The molecule has 1 aliphatic heterocycles. The normalized spacial score (nSPS) is 17.3.